The van der Waals surface area contributed by atoms with Gasteiger partial charge in [-0.05, 0) is 47.4 Å². The van der Waals surface area contributed by atoms with Crippen LogP contribution in [0.2, 0.25) is 25.7 Å². The van der Waals surface area contributed by atoms with Crippen molar-refractivity contribution in [2.75, 3.05) is 39.4 Å². The zero-order valence-electron chi connectivity index (χ0n) is 28.1. The number of piperazine rings is 1. The Balaban J connectivity index is 1.23. The van der Waals surface area contributed by atoms with Crippen LogP contribution in [0.15, 0.2) is 73.1 Å². The summed E-state index contributed by atoms with van der Waals surface area (Å²) in [5.74, 6) is 0.981. The predicted molar refractivity (Wildman–Crippen MR) is 188 cm³/mol. The summed E-state index contributed by atoms with van der Waals surface area (Å²) in [4.78, 5) is 33.8. The lowest BCUT2D eigenvalue weighted by atomic mass is 10.0. The Morgan fingerprint density at radius 1 is 0.979 bits per heavy atom. The maximum atomic E-state index is 13.5. The van der Waals surface area contributed by atoms with Crippen LogP contribution in [0.25, 0.3) is 11.0 Å². The van der Waals surface area contributed by atoms with Crippen LogP contribution in [0.4, 0.5) is 4.79 Å². The first kappa shape index (κ1) is 35.1. The van der Waals surface area contributed by atoms with Gasteiger partial charge >= 0.3 is 6.09 Å². The van der Waals surface area contributed by atoms with E-state index < -0.39 is 20.2 Å². The second-order valence-corrected chi connectivity index (χ2v) is 19.1. The van der Waals surface area contributed by atoms with Crippen LogP contribution < -0.4 is 10.1 Å². The SMILES string of the molecule is C[Si](C)(C)CCOCn1cc(CCO)c2c(Oc3ccc(CC(NC(=O)O)C(=O)N4CCN(Cc5ccccc5)CC4)cc3)ccnc21. The van der Waals surface area contributed by atoms with Gasteiger partial charge in [0.1, 0.15) is 29.9 Å². The van der Waals surface area contributed by atoms with E-state index in [-0.39, 0.29) is 18.9 Å². The van der Waals surface area contributed by atoms with E-state index in [2.05, 4.69) is 47.0 Å². The highest BCUT2D eigenvalue weighted by Crippen LogP contribution is 2.33. The number of aromatic nitrogens is 2. The topological polar surface area (TPSA) is 129 Å². The highest BCUT2D eigenvalue weighted by atomic mass is 28.3. The number of pyridine rings is 1. The molecule has 1 atom stereocenters. The molecule has 2 aromatic heterocycles. The summed E-state index contributed by atoms with van der Waals surface area (Å²) in [6.07, 6.45) is 3.10. The Kier molecular flexibility index (Phi) is 11.9. The lowest BCUT2D eigenvalue weighted by Gasteiger charge is -2.36. The molecule has 0 aliphatic carbocycles. The lowest BCUT2D eigenvalue weighted by Crippen LogP contribution is -2.55. The molecule has 256 valence electrons. The van der Waals surface area contributed by atoms with E-state index in [0.717, 1.165) is 47.8 Å². The third-order valence-electron chi connectivity index (χ3n) is 8.53. The standard InChI is InChI=1S/C36H47N5O6Si/c1-48(2,3)22-21-46-26-41-25-29(14-20-42)33-32(13-15-37-34(33)41)47-30-11-9-27(10-12-30)23-31(38-36(44)45)35(43)40-18-16-39(17-19-40)24-28-7-5-4-6-8-28/h4-13,15,25,31,38,42H,14,16-24,26H2,1-3H3,(H,44,45). The Bertz CT molecular complexity index is 1650. The fraction of sp³-hybridized carbons (Fsp3) is 0.417. The number of hydrogen-bond acceptors (Lipinski definition) is 7. The molecule has 3 heterocycles. The zero-order chi connectivity index (χ0) is 34.1. The first-order chi connectivity index (χ1) is 23.1. The second-order valence-electron chi connectivity index (χ2n) is 13.5. The van der Waals surface area contributed by atoms with Crippen LogP contribution in [0.5, 0.6) is 11.5 Å². The number of nitrogens with one attached hydrogen (secondary N) is 1. The molecule has 3 N–H and O–H groups in total. The largest absolute Gasteiger partial charge is 0.465 e. The van der Waals surface area contributed by atoms with Crippen molar-refractivity contribution in [2.45, 2.75) is 57.8 Å². The number of hydrogen-bond donors (Lipinski definition) is 3. The van der Waals surface area contributed by atoms with Gasteiger partial charge in [0.05, 0.1) is 5.39 Å². The molecule has 48 heavy (non-hydrogen) atoms. The summed E-state index contributed by atoms with van der Waals surface area (Å²) in [6, 6.07) is 19.5. The predicted octanol–water partition coefficient (Wildman–Crippen LogP) is 5.20. The van der Waals surface area contributed by atoms with Gasteiger partial charge in [-0.1, -0.05) is 62.1 Å². The molecule has 0 radical (unpaired) electrons. The Morgan fingerprint density at radius 3 is 2.38 bits per heavy atom. The minimum Gasteiger partial charge on any atom is -0.465 e. The molecule has 4 aromatic rings. The highest BCUT2D eigenvalue weighted by molar-refractivity contribution is 6.76. The number of aliphatic hydroxyl groups is 1. The van der Waals surface area contributed by atoms with Crippen LogP contribution in [0.3, 0.4) is 0 Å². The number of ether oxygens (including phenoxy) is 2. The molecule has 2 aromatic carbocycles. The van der Waals surface area contributed by atoms with Crippen LogP contribution in [-0.2, 0) is 35.6 Å². The fourth-order valence-corrected chi connectivity index (χ4v) is 6.65. The Labute approximate surface area is 283 Å². The molecule has 0 saturated carbocycles. The van der Waals surface area contributed by atoms with Gasteiger partial charge in [-0.3, -0.25) is 9.69 Å². The molecule has 0 bridgehead atoms. The van der Waals surface area contributed by atoms with Gasteiger partial charge in [-0.25, -0.2) is 9.78 Å². The average molecular weight is 674 g/mol. The molecular weight excluding hydrogens is 627 g/mol. The Morgan fingerprint density at radius 2 is 1.71 bits per heavy atom. The summed E-state index contributed by atoms with van der Waals surface area (Å²) in [5, 5.41) is 22.5. The number of nitrogens with zero attached hydrogens (tertiary/aromatic N) is 4. The smallest absolute Gasteiger partial charge is 0.405 e. The van der Waals surface area contributed by atoms with Crippen molar-refractivity contribution in [3.05, 3.63) is 89.7 Å². The van der Waals surface area contributed by atoms with Gasteiger partial charge in [0.15, 0.2) is 0 Å². The maximum absolute atomic E-state index is 13.5. The number of carboxylic acid groups (broad SMARTS) is 1. The van der Waals surface area contributed by atoms with E-state index >= 15 is 0 Å². The molecular formula is C36H47N5O6Si. The van der Waals surface area contributed by atoms with Gasteiger partial charge in [0.2, 0.25) is 5.91 Å². The molecule has 2 amide bonds. The summed E-state index contributed by atoms with van der Waals surface area (Å²) in [6.45, 7) is 11.4. The van der Waals surface area contributed by atoms with E-state index in [0.29, 0.717) is 44.3 Å². The minimum atomic E-state index is -1.23. The third-order valence-corrected chi connectivity index (χ3v) is 10.2. The van der Waals surface area contributed by atoms with E-state index in [1.54, 1.807) is 17.2 Å². The van der Waals surface area contributed by atoms with Gasteiger partial charge < -0.3 is 34.5 Å². The summed E-state index contributed by atoms with van der Waals surface area (Å²) < 4.78 is 14.3. The minimum absolute atomic E-state index is 0.00768. The first-order valence-electron chi connectivity index (χ1n) is 16.6. The molecule has 0 spiro atoms. The molecule has 1 aliphatic rings. The molecule has 1 fully saturated rings. The van der Waals surface area contributed by atoms with Crippen molar-refractivity contribution in [1.82, 2.24) is 24.7 Å². The van der Waals surface area contributed by atoms with Crippen LogP contribution in [0.1, 0.15) is 16.7 Å². The van der Waals surface area contributed by atoms with E-state index in [1.165, 1.54) is 5.56 Å². The van der Waals surface area contributed by atoms with Crippen molar-refractivity contribution < 1.29 is 29.3 Å². The maximum Gasteiger partial charge on any atom is 0.405 e. The Hall–Kier alpha value is -4.23. The zero-order valence-corrected chi connectivity index (χ0v) is 29.1. The van der Waals surface area contributed by atoms with E-state index in [9.17, 15) is 19.8 Å². The molecule has 1 unspecified atom stereocenters. The van der Waals surface area contributed by atoms with Gasteiger partial charge in [0, 0.05) is 72.8 Å². The second kappa shape index (κ2) is 16.2. The number of rotatable bonds is 15. The normalized spacial score (nSPS) is 14.6. The number of fused-ring (bicyclic) bond motifs is 1. The first-order valence-corrected chi connectivity index (χ1v) is 20.3. The van der Waals surface area contributed by atoms with Gasteiger partial charge in [0.25, 0.3) is 0 Å². The summed E-state index contributed by atoms with van der Waals surface area (Å²) in [5.41, 5.74) is 3.68. The average Bonchev–Trinajstić information content (AvgIpc) is 3.41. The monoisotopic (exact) mass is 673 g/mol. The van der Waals surface area contributed by atoms with Crippen molar-refractivity contribution >= 4 is 31.1 Å². The van der Waals surface area contributed by atoms with Gasteiger partial charge in [-0.15, -0.1) is 0 Å². The molecule has 1 aliphatic heterocycles. The molecule has 11 nitrogen and oxygen atoms in total. The number of aliphatic hydroxyl groups excluding tert-OH is 1. The van der Waals surface area contributed by atoms with Crippen LogP contribution >= 0.6 is 0 Å². The molecule has 1 saturated heterocycles. The van der Waals surface area contributed by atoms with Crippen LogP contribution in [-0.4, -0.2) is 95.1 Å². The van der Waals surface area contributed by atoms with Crippen molar-refractivity contribution in [3.8, 4) is 11.5 Å². The van der Waals surface area contributed by atoms with Gasteiger partial charge in [-0.2, -0.15) is 0 Å². The van der Waals surface area contributed by atoms with E-state index in [1.807, 2.05) is 53.2 Å². The van der Waals surface area contributed by atoms with Crippen molar-refractivity contribution in [2.24, 2.45) is 0 Å². The van der Waals surface area contributed by atoms with Crippen molar-refractivity contribution in [1.29, 1.82) is 0 Å². The number of benzene rings is 2. The fourth-order valence-electron chi connectivity index (χ4n) is 5.90. The number of carbonyl (C=O) groups is 2. The van der Waals surface area contributed by atoms with Crippen molar-refractivity contribution in [3.63, 3.8) is 0 Å². The highest BCUT2D eigenvalue weighted by Gasteiger charge is 2.29. The number of carbonyl (C=O) groups excluding carboxylic acids is 1. The summed E-state index contributed by atoms with van der Waals surface area (Å²) in [7, 11) is -1.21. The molecule has 12 heteroatoms. The number of amides is 2. The summed E-state index contributed by atoms with van der Waals surface area (Å²) >= 11 is 0. The van der Waals surface area contributed by atoms with E-state index in [4.69, 9.17) is 9.47 Å². The quantitative estimate of drug-likeness (QED) is 0.116. The third kappa shape index (κ3) is 9.66. The van der Waals surface area contributed by atoms with Crippen LogP contribution in [0, 0.1) is 0 Å². The molecule has 5 rings (SSSR count). The lowest BCUT2D eigenvalue weighted by molar-refractivity contribution is -0.135.